The van der Waals surface area contributed by atoms with Crippen LogP contribution in [0.25, 0.3) is 33.5 Å². The minimum absolute atomic E-state index is 0.166. The molecule has 2 heterocycles. The maximum Gasteiger partial charge on any atom is 0.308 e. The number of furan rings is 1. The van der Waals surface area contributed by atoms with Crippen LogP contribution in [0.3, 0.4) is 0 Å². The number of carbonyl (C=O) groups is 1. The molecule has 37 heavy (non-hydrogen) atoms. The zero-order valence-electron chi connectivity index (χ0n) is 20.0. The number of ether oxygens (including phenoxy) is 3. The van der Waals surface area contributed by atoms with E-state index in [1.165, 1.54) is 20.2 Å². The van der Waals surface area contributed by atoms with E-state index in [4.69, 9.17) is 18.6 Å². The Morgan fingerprint density at radius 3 is 2.57 bits per heavy atom. The van der Waals surface area contributed by atoms with Gasteiger partial charge in [-0.25, -0.2) is 4.98 Å². The summed E-state index contributed by atoms with van der Waals surface area (Å²) >= 11 is 3.42. The highest BCUT2D eigenvalue weighted by molar-refractivity contribution is 9.10. The summed E-state index contributed by atoms with van der Waals surface area (Å²) in [5.74, 6) is 1.09. The molecule has 0 radical (unpaired) electrons. The molecule has 5 aromatic rings. The normalized spacial score (nSPS) is 11.4. The number of aromatic nitrogens is 2. The highest BCUT2D eigenvalue weighted by Crippen LogP contribution is 2.35. The molecule has 0 spiro atoms. The number of halogens is 1. The second kappa shape index (κ2) is 9.90. The molecule has 9 nitrogen and oxygen atoms in total. The third-order valence-electron chi connectivity index (χ3n) is 5.54. The topological polar surface area (TPSA) is 105 Å². The number of hydrogen-bond acceptors (Lipinski definition) is 8. The number of carbonyl (C=O) groups excluding carboxylic acids is 1. The predicted octanol–water partition coefficient (Wildman–Crippen LogP) is 5.40. The molecule has 0 saturated heterocycles. The van der Waals surface area contributed by atoms with Gasteiger partial charge in [0.15, 0.2) is 17.3 Å². The van der Waals surface area contributed by atoms with E-state index in [-0.39, 0.29) is 11.6 Å². The van der Waals surface area contributed by atoms with Gasteiger partial charge in [0.2, 0.25) is 5.82 Å². The lowest BCUT2D eigenvalue weighted by Gasteiger charge is -2.12. The van der Waals surface area contributed by atoms with Crippen molar-refractivity contribution < 1.29 is 23.4 Å². The number of para-hydroxylation sites is 1. The lowest BCUT2D eigenvalue weighted by molar-refractivity contribution is -0.132. The number of rotatable bonds is 6. The highest BCUT2D eigenvalue weighted by Gasteiger charge is 2.19. The molecule has 0 amide bonds. The van der Waals surface area contributed by atoms with Crippen molar-refractivity contribution in [3.8, 4) is 28.8 Å². The molecule has 0 unspecified atom stereocenters. The summed E-state index contributed by atoms with van der Waals surface area (Å²) in [5, 5.41) is 5.56. The molecule has 10 heteroatoms. The van der Waals surface area contributed by atoms with E-state index in [0.29, 0.717) is 43.8 Å². The minimum atomic E-state index is -0.531. The van der Waals surface area contributed by atoms with Crippen LogP contribution in [-0.4, -0.2) is 36.1 Å². The van der Waals surface area contributed by atoms with E-state index in [0.717, 1.165) is 10.1 Å². The molecule has 0 aliphatic carbocycles. The molecular formula is C27H20BrN3O6. The molecule has 5 rings (SSSR count). The molecule has 0 N–H and O–H groups in total. The number of benzene rings is 3. The first-order chi connectivity index (χ1) is 17.9. The smallest absolute Gasteiger partial charge is 0.308 e. The fourth-order valence-electron chi connectivity index (χ4n) is 3.92. The van der Waals surface area contributed by atoms with E-state index in [1.807, 2.05) is 12.1 Å². The van der Waals surface area contributed by atoms with Crippen LogP contribution in [-0.2, 0) is 4.79 Å². The van der Waals surface area contributed by atoms with Gasteiger partial charge in [-0.2, -0.15) is 9.78 Å². The molecule has 0 aliphatic heterocycles. The largest absolute Gasteiger partial charge is 0.496 e. The van der Waals surface area contributed by atoms with Crippen molar-refractivity contribution >= 4 is 50.0 Å². The Balaban J connectivity index is 1.74. The van der Waals surface area contributed by atoms with Gasteiger partial charge < -0.3 is 18.6 Å². The van der Waals surface area contributed by atoms with Crippen molar-refractivity contribution in [2.45, 2.75) is 6.92 Å². The van der Waals surface area contributed by atoms with Gasteiger partial charge >= 0.3 is 5.97 Å². The van der Waals surface area contributed by atoms with Crippen LogP contribution >= 0.6 is 15.9 Å². The van der Waals surface area contributed by atoms with Gasteiger partial charge in [-0.3, -0.25) is 9.59 Å². The van der Waals surface area contributed by atoms with Crippen molar-refractivity contribution in [1.29, 1.82) is 0 Å². The molecule has 186 valence electrons. The van der Waals surface area contributed by atoms with Crippen LogP contribution in [0.2, 0.25) is 0 Å². The molecular weight excluding hydrogens is 542 g/mol. The summed E-state index contributed by atoms with van der Waals surface area (Å²) in [6.45, 7) is 1.29. The van der Waals surface area contributed by atoms with Crippen LogP contribution in [0.15, 0.2) is 79.4 Å². The van der Waals surface area contributed by atoms with E-state index >= 15 is 0 Å². The van der Waals surface area contributed by atoms with E-state index in [2.05, 4.69) is 26.0 Å². The Hall–Kier alpha value is -4.44. The first kappa shape index (κ1) is 24.3. The van der Waals surface area contributed by atoms with Crippen LogP contribution in [0.1, 0.15) is 12.5 Å². The van der Waals surface area contributed by atoms with E-state index in [9.17, 15) is 9.59 Å². The van der Waals surface area contributed by atoms with Crippen molar-refractivity contribution in [1.82, 2.24) is 9.66 Å². The summed E-state index contributed by atoms with van der Waals surface area (Å²) < 4.78 is 24.1. The molecule has 0 atom stereocenters. The Morgan fingerprint density at radius 1 is 1.03 bits per heavy atom. The third-order valence-corrected chi connectivity index (χ3v) is 6.00. The standard InChI is InChI=1S/C27H20BrN3O6/c1-15(32)36-25-16(11-17(28)12-23(25)35-3)14-29-31-26(30-20-8-5-4-7-18(20)27(31)33)24-13-19-21(34-2)9-6-10-22(19)37-24/h4-14H,1-3H3. The van der Waals surface area contributed by atoms with Crippen LogP contribution < -0.4 is 19.8 Å². The van der Waals surface area contributed by atoms with Crippen LogP contribution in [0.4, 0.5) is 0 Å². The SMILES string of the molecule is COc1cc(Br)cc(C=Nn2c(-c3cc4c(OC)cccc4o3)nc3ccccc3c2=O)c1OC(C)=O. The first-order valence-electron chi connectivity index (χ1n) is 11.1. The summed E-state index contributed by atoms with van der Waals surface area (Å²) in [6, 6.07) is 17.5. The van der Waals surface area contributed by atoms with Crippen molar-refractivity contribution in [3.05, 3.63) is 81.1 Å². The summed E-state index contributed by atoms with van der Waals surface area (Å²) in [7, 11) is 3.03. The van der Waals surface area contributed by atoms with Crippen molar-refractivity contribution in [2.24, 2.45) is 5.10 Å². The summed E-state index contributed by atoms with van der Waals surface area (Å²) in [4.78, 5) is 30.0. The van der Waals surface area contributed by atoms with Crippen LogP contribution in [0.5, 0.6) is 17.2 Å². The second-order valence-electron chi connectivity index (χ2n) is 7.92. The second-order valence-corrected chi connectivity index (χ2v) is 8.83. The summed E-state index contributed by atoms with van der Waals surface area (Å²) in [5.41, 5.74) is 1.06. The molecule has 3 aromatic carbocycles. The van der Waals surface area contributed by atoms with Gasteiger partial charge in [-0.1, -0.05) is 34.1 Å². The Labute approximate surface area is 219 Å². The maximum absolute atomic E-state index is 13.6. The third kappa shape index (κ3) is 4.58. The lowest BCUT2D eigenvalue weighted by Crippen LogP contribution is -2.20. The zero-order valence-corrected chi connectivity index (χ0v) is 21.6. The van der Waals surface area contributed by atoms with Gasteiger partial charge in [0.25, 0.3) is 5.56 Å². The molecule has 2 aromatic heterocycles. The quantitative estimate of drug-likeness (QED) is 0.155. The average molecular weight is 562 g/mol. The number of hydrogen-bond donors (Lipinski definition) is 0. The molecule has 0 fully saturated rings. The number of esters is 1. The van der Waals surface area contributed by atoms with Crippen molar-refractivity contribution in [3.63, 3.8) is 0 Å². The number of methoxy groups -OCH3 is 2. The monoisotopic (exact) mass is 561 g/mol. The average Bonchev–Trinajstić information content (AvgIpc) is 3.33. The lowest BCUT2D eigenvalue weighted by atomic mass is 10.2. The van der Waals surface area contributed by atoms with Gasteiger partial charge in [0.05, 0.1) is 36.7 Å². The van der Waals surface area contributed by atoms with E-state index in [1.54, 1.807) is 55.6 Å². The molecule has 0 aliphatic rings. The summed E-state index contributed by atoms with van der Waals surface area (Å²) in [6.07, 6.45) is 1.40. The van der Waals surface area contributed by atoms with Gasteiger partial charge in [0, 0.05) is 17.0 Å². The molecule has 0 saturated carbocycles. The Kier molecular flexibility index (Phi) is 6.49. The van der Waals surface area contributed by atoms with Crippen LogP contribution in [0, 0.1) is 0 Å². The zero-order chi connectivity index (χ0) is 26.1. The van der Waals surface area contributed by atoms with Gasteiger partial charge in [0.1, 0.15) is 11.3 Å². The fraction of sp³-hybridized carbons (Fsp3) is 0.111. The number of fused-ring (bicyclic) bond motifs is 2. The van der Waals surface area contributed by atoms with Crippen molar-refractivity contribution in [2.75, 3.05) is 14.2 Å². The van der Waals surface area contributed by atoms with E-state index < -0.39 is 11.5 Å². The van der Waals surface area contributed by atoms with Gasteiger partial charge in [-0.15, -0.1) is 0 Å². The highest BCUT2D eigenvalue weighted by atomic mass is 79.9. The number of nitrogens with zero attached hydrogens (tertiary/aromatic N) is 3. The predicted molar refractivity (Wildman–Crippen MR) is 143 cm³/mol. The first-order valence-corrected chi connectivity index (χ1v) is 11.9. The van der Waals surface area contributed by atoms with Gasteiger partial charge in [-0.05, 0) is 42.5 Å². The minimum Gasteiger partial charge on any atom is -0.496 e. The fourth-order valence-corrected chi connectivity index (χ4v) is 4.38. The maximum atomic E-state index is 13.6. The Bertz CT molecular complexity index is 1760. The Morgan fingerprint density at radius 2 is 1.81 bits per heavy atom. The molecule has 0 bridgehead atoms.